The lowest BCUT2D eigenvalue weighted by Crippen LogP contribution is -2.54. The summed E-state index contributed by atoms with van der Waals surface area (Å²) in [5.74, 6) is -1.09. The summed E-state index contributed by atoms with van der Waals surface area (Å²) in [6.45, 7) is 6.68. The minimum Gasteiger partial charge on any atom is -0.506 e. The van der Waals surface area contributed by atoms with Gasteiger partial charge in [0, 0.05) is 65.4 Å². The Labute approximate surface area is 406 Å². The number of fused-ring (bicyclic) bond motifs is 1. The number of benzene rings is 5. The number of ether oxygens (including phenoxy) is 2. The van der Waals surface area contributed by atoms with E-state index in [-0.39, 0.29) is 71.3 Å². The standard InChI is InChI=1S/C55H61N5O10/c1-34(2)70-49-26-38(15-16-39(49)30-56-31-48(62)44-17-19-47(61)52-45(44)18-20-50(63)59-52)53(65)58-42-28-41(29-42)57-51(64)33-69-43-13-8-12-40(27-43)55(68,54(66)67)46-14-7-6-11-37(46)25-35-21-23-60(24-22-35)32-36-9-4-3-5-10-36/h3-20,26-27,34-35,41-42,48,56,61-62,68H,21-25,28-33H2,1-2H3,(H,57,64)(H,58,65)(H,59,63)(H,66,67)/t41?,42?,48-,55?/m0/s1. The van der Waals surface area contributed by atoms with Gasteiger partial charge in [0.2, 0.25) is 11.2 Å². The van der Waals surface area contributed by atoms with Crippen molar-refractivity contribution in [1.29, 1.82) is 0 Å². The fraction of sp³-hybridized carbons (Fsp3) is 0.345. The Morgan fingerprint density at radius 1 is 0.843 bits per heavy atom. The number of aliphatic hydroxyl groups is 2. The number of aromatic amines is 1. The minimum atomic E-state index is -2.36. The fourth-order valence-corrected chi connectivity index (χ4v) is 9.51. The van der Waals surface area contributed by atoms with Crippen molar-refractivity contribution < 1.29 is 44.3 Å². The summed E-state index contributed by atoms with van der Waals surface area (Å²) in [4.78, 5) is 56.2. The number of rotatable bonds is 20. The van der Waals surface area contributed by atoms with Crippen LogP contribution in [0, 0.1) is 5.92 Å². The second-order valence-electron chi connectivity index (χ2n) is 18.7. The summed E-state index contributed by atoms with van der Waals surface area (Å²) >= 11 is 0. The number of likely N-dealkylation sites (tertiary alicyclic amines) is 1. The van der Waals surface area contributed by atoms with Gasteiger partial charge in [-0.1, -0.05) is 78.9 Å². The SMILES string of the molecule is CC(C)Oc1cc(C(=O)NC2CC(NC(=O)COc3cccc(C(O)(C(=O)O)c4ccccc4CC4CCN(Cc5ccccc5)CC4)c3)C2)ccc1CNC[C@H](O)c1ccc(O)c2[nH]c(=O)ccc12. The van der Waals surface area contributed by atoms with E-state index in [0.29, 0.717) is 59.6 Å². The number of carbonyl (C=O) groups excluding carboxylic acids is 2. The van der Waals surface area contributed by atoms with Crippen LogP contribution in [0.3, 0.4) is 0 Å². The molecule has 1 saturated carbocycles. The molecule has 1 aliphatic carbocycles. The summed E-state index contributed by atoms with van der Waals surface area (Å²) in [5.41, 5.74) is 1.73. The number of amides is 2. The predicted octanol–water partition coefficient (Wildman–Crippen LogP) is 6.08. The Hall–Kier alpha value is -7.04. The zero-order valence-electron chi connectivity index (χ0n) is 39.4. The summed E-state index contributed by atoms with van der Waals surface area (Å²) in [5, 5.41) is 53.6. The van der Waals surface area contributed by atoms with Crippen LogP contribution in [-0.4, -0.2) is 92.5 Å². The van der Waals surface area contributed by atoms with Crippen LogP contribution in [0.25, 0.3) is 10.9 Å². The molecule has 8 N–H and O–H groups in total. The monoisotopic (exact) mass is 951 g/mol. The zero-order valence-corrected chi connectivity index (χ0v) is 39.4. The lowest BCUT2D eigenvalue weighted by Gasteiger charge is -2.36. The highest BCUT2D eigenvalue weighted by molar-refractivity contribution is 5.95. The van der Waals surface area contributed by atoms with Crippen molar-refractivity contribution in [3.8, 4) is 17.2 Å². The number of pyridine rings is 1. The van der Waals surface area contributed by atoms with Crippen LogP contribution in [0.15, 0.2) is 126 Å². The average Bonchev–Trinajstić information content (AvgIpc) is 3.34. The summed E-state index contributed by atoms with van der Waals surface area (Å²) in [7, 11) is 0. The van der Waals surface area contributed by atoms with Gasteiger partial charge >= 0.3 is 5.97 Å². The molecular formula is C55H61N5O10. The first-order chi connectivity index (χ1) is 33.7. The summed E-state index contributed by atoms with van der Waals surface area (Å²) in [6, 6.07) is 34.6. The molecule has 2 atom stereocenters. The normalized spacial score (nSPS) is 17.6. The molecule has 1 unspecified atom stereocenters. The Kier molecular flexibility index (Phi) is 15.6. The number of aromatic hydroxyl groups is 1. The molecule has 2 aliphatic rings. The minimum absolute atomic E-state index is 0.0900. The van der Waals surface area contributed by atoms with E-state index in [2.05, 4.69) is 50.1 Å². The van der Waals surface area contributed by atoms with E-state index in [1.807, 2.05) is 32.0 Å². The second kappa shape index (κ2) is 22.1. The number of H-pyrrole nitrogens is 1. The van der Waals surface area contributed by atoms with E-state index in [1.165, 1.54) is 23.8 Å². The number of aromatic nitrogens is 1. The molecule has 15 heteroatoms. The molecule has 70 heavy (non-hydrogen) atoms. The van der Waals surface area contributed by atoms with Gasteiger partial charge in [0.15, 0.2) is 6.61 Å². The molecule has 5 aromatic carbocycles. The molecule has 2 heterocycles. The Morgan fingerprint density at radius 2 is 1.59 bits per heavy atom. The molecule has 1 aliphatic heterocycles. The van der Waals surface area contributed by atoms with Crippen LogP contribution in [0.2, 0.25) is 0 Å². The number of carboxylic acids is 1. The van der Waals surface area contributed by atoms with Crippen molar-refractivity contribution in [2.24, 2.45) is 5.92 Å². The van der Waals surface area contributed by atoms with Gasteiger partial charge < -0.3 is 50.8 Å². The molecule has 2 amide bonds. The molecule has 0 bridgehead atoms. The van der Waals surface area contributed by atoms with Crippen LogP contribution in [-0.2, 0) is 34.7 Å². The number of hydrogen-bond acceptors (Lipinski definition) is 11. The lowest BCUT2D eigenvalue weighted by atomic mass is 9.80. The molecule has 366 valence electrons. The van der Waals surface area contributed by atoms with Gasteiger partial charge in [-0.05, 0) is 118 Å². The van der Waals surface area contributed by atoms with E-state index in [0.717, 1.165) is 43.6 Å². The molecule has 2 fully saturated rings. The molecule has 15 nitrogen and oxygen atoms in total. The summed E-state index contributed by atoms with van der Waals surface area (Å²) < 4.78 is 11.9. The predicted molar refractivity (Wildman–Crippen MR) is 265 cm³/mol. The quantitative estimate of drug-likeness (QED) is 0.0437. The number of aliphatic carboxylic acids is 1. The van der Waals surface area contributed by atoms with Gasteiger partial charge in [0.25, 0.3) is 11.8 Å². The van der Waals surface area contributed by atoms with Gasteiger partial charge in [-0.3, -0.25) is 19.3 Å². The largest absolute Gasteiger partial charge is 0.506 e. The average molecular weight is 952 g/mol. The molecule has 1 aromatic heterocycles. The number of phenols is 1. The maximum Gasteiger partial charge on any atom is 0.345 e. The van der Waals surface area contributed by atoms with E-state index in [4.69, 9.17) is 9.47 Å². The van der Waals surface area contributed by atoms with Crippen molar-refractivity contribution in [2.75, 3.05) is 26.2 Å². The third-order valence-corrected chi connectivity index (χ3v) is 13.3. The molecule has 8 rings (SSSR count). The van der Waals surface area contributed by atoms with Crippen LogP contribution in [0.5, 0.6) is 17.2 Å². The van der Waals surface area contributed by atoms with E-state index in [1.54, 1.807) is 60.7 Å². The maximum atomic E-state index is 13.4. The first-order valence-corrected chi connectivity index (χ1v) is 23.9. The highest BCUT2D eigenvalue weighted by atomic mass is 16.5. The summed E-state index contributed by atoms with van der Waals surface area (Å²) in [6.07, 6.45) is 2.45. The number of aliphatic hydroxyl groups excluding tert-OH is 1. The van der Waals surface area contributed by atoms with Gasteiger partial charge in [0.05, 0.1) is 17.7 Å². The maximum absolute atomic E-state index is 13.4. The van der Waals surface area contributed by atoms with Crippen molar-refractivity contribution in [1.82, 2.24) is 25.8 Å². The van der Waals surface area contributed by atoms with Crippen molar-refractivity contribution >= 4 is 28.7 Å². The molecular weight excluding hydrogens is 891 g/mol. The highest BCUT2D eigenvalue weighted by Crippen LogP contribution is 2.37. The lowest BCUT2D eigenvalue weighted by molar-refractivity contribution is -0.155. The number of nitrogens with zero attached hydrogens (tertiary/aromatic N) is 1. The van der Waals surface area contributed by atoms with Crippen molar-refractivity contribution in [3.63, 3.8) is 0 Å². The van der Waals surface area contributed by atoms with Gasteiger partial charge in [-0.15, -0.1) is 0 Å². The number of phenolic OH excluding ortho intramolecular Hbond substituents is 1. The number of hydrogen-bond donors (Lipinski definition) is 8. The van der Waals surface area contributed by atoms with E-state index < -0.39 is 17.7 Å². The number of nitrogens with one attached hydrogen (secondary N) is 4. The van der Waals surface area contributed by atoms with Crippen molar-refractivity contribution in [2.45, 2.75) is 88.9 Å². The van der Waals surface area contributed by atoms with Crippen LogP contribution < -0.4 is 31.0 Å². The Morgan fingerprint density at radius 3 is 2.34 bits per heavy atom. The first kappa shape index (κ1) is 49.4. The van der Waals surface area contributed by atoms with Crippen LogP contribution in [0.4, 0.5) is 0 Å². The van der Waals surface area contributed by atoms with Gasteiger partial charge in [0.1, 0.15) is 17.2 Å². The van der Waals surface area contributed by atoms with Crippen LogP contribution in [0.1, 0.15) is 89.4 Å². The second-order valence-corrected chi connectivity index (χ2v) is 18.7. The number of piperidine rings is 1. The van der Waals surface area contributed by atoms with Gasteiger partial charge in [-0.2, -0.15) is 0 Å². The Balaban J connectivity index is 0.806. The van der Waals surface area contributed by atoms with Gasteiger partial charge in [-0.25, -0.2) is 4.79 Å². The topological polar surface area (TPSA) is 223 Å². The number of carboxylic acid groups (broad SMARTS) is 1. The van der Waals surface area contributed by atoms with Crippen molar-refractivity contribution in [3.05, 3.63) is 171 Å². The molecule has 6 aromatic rings. The third-order valence-electron chi connectivity index (χ3n) is 13.3. The third kappa shape index (κ3) is 11.9. The van der Waals surface area contributed by atoms with Crippen LogP contribution >= 0.6 is 0 Å². The highest BCUT2D eigenvalue weighted by Gasteiger charge is 2.42. The smallest absolute Gasteiger partial charge is 0.345 e. The Bertz CT molecular complexity index is 2860. The molecule has 1 saturated heterocycles. The van der Waals surface area contributed by atoms with E-state index in [9.17, 15) is 39.6 Å². The number of carbonyl (C=O) groups is 3. The first-order valence-electron chi connectivity index (χ1n) is 23.9. The molecule has 0 radical (unpaired) electrons. The fourth-order valence-electron chi connectivity index (χ4n) is 9.51. The molecule has 0 spiro atoms. The van der Waals surface area contributed by atoms with E-state index >= 15 is 0 Å². The zero-order chi connectivity index (χ0) is 49.4.